The Bertz CT molecular complexity index is 707. The van der Waals surface area contributed by atoms with Crippen LogP contribution in [0.1, 0.15) is 26.2 Å². The summed E-state index contributed by atoms with van der Waals surface area (Å²) in [4.78, 5) is 10.1. The highest BCUT2D eigenvalue weighted by Gasteiger charge is 2.31. The number of sulfonamides is 1. The van der Waals surface area contributed by atoms with Gasteiger partial charge in [0.25, 0.3) is 5.69 Å². The zero-order valence-electron chi connectivity index (χ0n) is 13.4. The Morgan fingerprint density at radius 1 is 1.33 bits per heavy atom. The zero-order chi connectivity index (χ0) is 17.7. The van der Waals surface area contributed by atoms with E-state index in [1.54, 1.807) is 0 Å². The predicted octanol–water partition coefficient (Wildman–Crippen LogP) is 1.16. The maximum atomic E-state index is 12.6. The van der Waals surface area contributed by atoms with Gasteiger partial charge in [-0.2, -0.15) is 0 Å². The fourth-order valence-corrected chi connectivity index (χ4v) is 3.83. The van der Waals surface area contributed by atoms with Crippen molar-refractivity contribution in [3.05, 3.63) is 22.2 Å². The molecule has 1 unspecified atom stereocenters. The van der Waals surface area contributed by atoms with Crippen LogP contribution in [0, 0.1) is 10.1 Å². The molecule has 1 aromatic rings. The summed E-state index contributed by atoms with van der Waals surface area (Å²) in [5.41, 5.74) is 5.04. The Hall–Kier alpha value is -1.91. The molecule has 10 heteroatoms. The molecule has 24 heavy (non-hydrogen) atoms. The van der Waals surface area contributed by atoms with Gasteiger partial charge in [0.05, 0.1) is 11.0 Å². The second-order valence-electron chi connectivity index (χ2n) is 5.42. The number of benzene rings is 1. The fraction of sp³-hybridized carbons (Fsp3) is 0.571. The summed E-state index contributed by atoms with van der Waals surface area (Å²) >= 11 is 0. The largest absolute Gasteiger partial charge is 0.486 e. The van der Waals surface area contributed by atoms with Crippen LogP contribution in [-0.2, 0) is 10.0 Å². The van der Waals surface area contributed by atoms with Gasteiger partial charge in [-0.15, -0.1) is 0 Å². The number of unbranched alkanes of at least 4 members (excludes halogenated alkanes) is 1. The van der Waals surface area contributed by atoms with Crippen molar-refractivity contribution >= 4 is 15.7 Å². The first-order chi connectivity index (χ1) is 11.4. The Balaban J connectivity index is 2.39. The number of nitro benzene ring substituents is 1. The molecule has 9 nitrogen and oxygen atoms in total. The van der Waals surface area contributed by atoms with Crippen molar-refractivity contribution in [3.63, 3.8) is 0 Å². The predicted molar refractivity (Wildman–Crippen MR) is 86.8 cm³/mol. The summed E-state index contributed by atoms with van der Waals surface area (Å²) < 4.78 is 38.3. The van der Waals surface area contributed by atoms with Gasteiger partial charge in [-0.05, 0) is 6.42 Å². The van der Waals surface area contributed by atoms with E-state index in [2.05, 4.69) is 4.72 Å². The lowest BCUT2D eigenvalue weighted by Gasteiger charge is -2.20. The second kappa shape index (κ2) is 7.77. The van der Waals surface area contributed by atoms with Crippen LogP contribution in [0.3, 0.4) is 0 Å². The SMILES string of the molecule is CCCCC(CN)NS(=O)(=O)c1cc2c(cc1[N+](=O)[O-])OCCO2. The van der Waals surface area contributed by atoms with Crippen LogP contribution in [0.2, 0.25) is 0 Å². The van der Waals surface area contributed by atoms with Gasteiger partial charge >= 0.3 is 0 Å². The number of ether oxygens (including phenoxy) is 2. The summed E-state index contributed by atoms with van der Waals surface area (Å²) in [5, 5.41) is 11.3. The maximum absolute atomic E-state index is 12.6. The van der Waals surface area contributed by atoms with Crippen LogP contribution in [0.5, 0.6) is 11.5 Å². The number of hydrogen-bond donors (Lipinski definition) is 2. The van der Waals surface area contributed by atoms with Gasteiger partial charge in [-0.3, -0.25) is 10.1 Å². The van der Waals surface area contributed by atoms with Crippen LogP contribution in [0.15, 0.2) is 17.0 Å². The van der Waals surface area contributed by atoms with E-state index in [0.717, 1.165) is 25.0 Å². The quantitative estimate of drug-likeness (QED) is 0.525. The third-order valence-corrected chi connectivity index (χ3v) is 5.17. The van der Waals surface area contributed by atoms with Crippen LogP contribution < -0.4 is 19.9 Å². The van der Waals surface area contributed by atoms with Crippen molar-refractivity contribution in [2.24, 2.45) is 5.73 Å². The Labute approximate surface area is 140 Å². The van der Waals surface area contributed by atoms with E-state index in [0.29, 0.717) is 6.42 Å². The monoisotopic (exact) mass is 359 g/mol. The summed E-state index contributed by atoms with van der Waals surface area (Å²) in [6.45, 7) is 2.59. The van der Waals surface area contributed by atoms with Crippen molar-refractivity contribution in [1.29, 1.82) is 0 Å². The highest BCUT2D eigenvalue weighted by atomic mass is 32.2. The minimum absolute atomic E-state index is 0.109. The van der Waals surface area contributed by atoms with Gasteiger partial charge in [0, 0.05) is 18.7 Å². The molecule has 1 aliphatic rings. The highest BCUT2D eigenvalue weighted by Crippen LogP contribution is 2.38. The molecule has 1 aliphatic heterocycles. The summed E-state index contributed by atoms with van der Waals surface area (Å²) in [5.74, 6) is 0.332. The van der Waals surface area contributed by atoms with Crippen LogP contribution in [0.25, 0.3) is 0 Å². The van der Waals surface area contributed by atoms with E-state index >= 15 is 0 Å². The topological polar surface area (TPSA) is 134 Å². The standard InChI is InChI=1S/C14H21N3O6S/c1-2-3-4-10(9-15)16-24(20,21)14-8-13-12(22-5-6-23-13)7-11(14)17(18)19/h7-8,10,16H,2-6,9,15H2,1H3. The lowest BCUT2D eigenvalue weighted by Crippen LogP contribution is -2.40. The maximum Gasteiger partial charge on any atom is 0.293 e. The molecule has 3 N–H and O–H groups in total. The molecule has 0 fully saturated rings. The molecule has 1 atom stereocenters. The number of nitrogens with two attached hydrogens (primary N) is 1. The van der Waals surface area contributed by atoms with Gasteiger partial charge in [0.1, 0.15) is 13.2 Å². The third-order valence-electron chi connectivity index (χ3n) is 3.62. The van der Waals surface area contributed by atoms with E-state index in [9.17, 15) is 18.5 Å². The number of hydrogen-bond acceptors (Lipinski definition) is 7. The molecule has 0 saturated heterocycles. The van der Waals surface area contributed by atoms with Gasteiger partial charge in [0.15, 0.2) is 16.4 Å². The van der Waals surface area contributed by atoms with Crippen molar-refractivity contribution in [2.45, 2.75) is 37.1 Å². The molecule has 0 radical (unpaired) electrons. The van der Waals surface area contributed by atoms with Crippen LogP contribution in [0.4, 0.5) is 5.69 Å². The minimum atomic E-state index is -4.12. The zero-order valence-corrected chi connectivity index (χ0v) is 14.2. The van der Waals surface area contributed by atoms with E-state index in [-0.39, 0.29) is 31.3 Å². The van der Waals surface area contributed by atoms with E-state index < -0.39 is 31.6 Å². The molecular formula is C14H21N3O6S. The fourth-order valence-electron chi connectivity index (χ4n) is 2.38. The van der Waals surface area contributed by atoms with Crippen molar-refractivity contribution in [1.82, 2.24) is 4.72 Å². The van der Waals surface area contributed by atoms with Crippen molar-refractivity contribution < 1.29 is 22.8 Å². The average Bonchev–Trinajstić information content (AvgIpc) is 2.57. The molecule has 1 aromatic carbocycles. The van der Waals surface area contributed by atoms with E-state index in [1.807, 2.05) is 6.92 Å². The molecule has 2 rings (SSSR count). The highest BCUT2D eigenvalue weighted by molar-refractivity contribution is 7.89. The van der Waals surface area contributed by atoms with Gasteiger partial charge < -0.3 is 15.2 Å². The summed E-state index contributed by atoms with van der Waals surface area (Å²) in [6.07, 6.45) is 2.25. The normalized spacial score (nSPS) is 15.1. The lowest BCUT2D eigenvalue weighted by atomic mass is 10.1. The van der Waals surface area contributed by atoms with Crippen LogP contribution in [-0.4, -0.2) is 39.1 Å². The molecule has 0 aliphatic carbocycles. The minimum Gasteiger partial charge on any atom is -0.486 e. The smallest absolute Gasteiger partial charge is 0.293 e. The van der Waals surface area contributed by atoms with Crippen LogP contribution >= 0.6 is 0 Å². The van der Waals surface area contributed by atoms with Gasteiger partial charge in [-0.1, -0.05) is 19.8 Å². The first-order valence-corrected chi connectivity index (χ1v) is 9.17. The molecule has 134 valence electrons. The first-order valence-electron chi connectivity index (χ1n) is 7.69. The van der Waals surface area contributed by atoms with Crippen molar-refractivity contribution in [3.8, 4) is 11.5 Å². The molecule has 1 heterocycles. The molecule has 0 bridgehead atoms. The molecule has 0 saturated carbocycles. The number of rotatable bonds is 8. The summed E-state index contributed by atoms with van der Waals surface area (Å²) in [7, 11) is -4.12. The molecule has 0 aromatic heterocycles. The average molecular weight is 359 g/mol. The van der Waals surface area contributed by atoms with E-state index in [4.69, 9.17) is 15.2 Å². The van der Waals surface area contributed by atoms with Gasteiger partial charge in [0.2, 0.25) is 10.0 Å². The lowest BCUT2D eigenvalue weighted by molar-refractivity contribution is -0.388. The Morgan fingerprint density at radius 2 is 1.96 bits per heavy atom. The van der Waals surface area contributed by atoms with E-state index in [1.165, 1.54) is 0 Å². The number of nitrogens with one attached hydrogen (secondary N) is 1. The Kier molecular flexibility index (Phi) is 5.97. The van der Waals surface area contributed by atoms with Crippen molar-refractivity contribution in [2.75, 3.05) is 19.8 Å². The Morgan fingerprint density at radius 3 is 2.50 bits per heavy atom. The molecular weight excluding hydrogens is 338 g/mol. The number of nitro groups is 1. The molecule has 0 spiro atoms. The molecule has 0 amide bonds. The first kappa shape index (κ1) is 18.4. The third kappa shape index (κ3) is 4.13. The number of fused-ring (bicyclic) bond motifs is 1. The van der Waals surface area contributed by atoms with Gasteiger partial charge in [-0.25, -0.2) is 13.1 Å². The second-order valence-corrected chi connectivity index (χ2v) is 7.10. The number of nitrogens with zero attached hydrogens (tertiary/aromatic N) is 1. The summed E-state index contributed by atoms with van der Waals surface area (Å²) in [6, 6.07) is 1.72.